The van der Waals surface area contributed by atoms with Gasteiger partial charge < -0.3 is 9.84 Å². The fourth-order valence-corrected chi connectivity index (χ4v) is 3.47. The maximum atomic E-state index is 12.0. The lowest BCUT2D eigenvalue weighted by atomic mass is 10.2. The molecule has 1 heterocycles. The third kappa shape index (κ3) is 1.96. The second-order valence-electron chi connectivity index (χ2n) is 3.63. The quantitative estimate of drug-likeness (QED) is 0.883. The van der Waals surface area contributed by atoms with E-state index in [9.17, 15) is 8.42 Å². The molecule has 88 valence electrons. The van der Waals surface area contributed by atoms with Crippen LogP contribution in [0.2, 0.25) is 5.02 Å². The second-order valence-corrected chi connectivity index (χ2v) is 6.23. The Kier molecular flexibility index (Phi) is 3.21. The van der Waals surface area contributed by atoms with Gasteiger partial charge in [0.1, 0.15) is 5.25 Å². The van der Waals surface area contributed by atoms with Crippen LogP contribution in [-0.2, 0) is 21.2 Å². The number of aliphatic hydroxyl groups is 1. The van der Waals surface area contributed by atoms with Crippen LogP contribution >= 0.6 is 11.6 Å². The average molecular weight is 263 g/mol. The van der Waals surface area contributed by atoms with E-state index in [-0.39, 0.29) is 29.7 Å². The molecule has 0 bridgehead atoms. The van der Waals surface area contributed by atoms with Crippen LogP contribution in [0.4, 0.5) is 0 Å². The van der Waals surface area contributed by atoms with Crippen molar-refractivity contribution < 1.29 is 18.3 Å². The maximum absolute atomic E-state index is 12.0. The highest BCUT2D eigenvalue weighted by Crippen LogP contribution is 2.28. The summed E-state index contributed by atoms with van der Waals surface area (Å²) >= 11 is 5.89. The van der Waals surface area contributed by atoms with Crippen LogP contribution in [0.1, 0.15) is 5.56 Å². The molecule has 0 saturated carbocycles. The third-order valence-corrected chi connectivity index (χ3v) is 5.08. The SMILES string of the molecule is O=S(=O)(c1ccc(CO)cc1Cl)C1COC1. The van der Waals surface area contributed by atoms with E-state index < -0.39 is 15.1 Å². The van der Waals surface area contributed by atoms with Crippen molar-refractivity contribution in [1.82, 2.24) is 0 Å². The first kappa shape index (κ1) is 11.9. The van der Waals surface area contributed by atoms with E-state index in [0.717, 1.165) is 0 Å². The van der Waals surface area contributed by atoms with E-state index in [2.05, 4.69) is 0 Å². The lowest BCUT2D eigenvalue weighted by molar-refractivity contribution is 0.0416. The first-order valence-electron chi connectivity index (χ1n) is 4.76. The molecule has 4 nitrogen and oxygen atoms in total. The molecule has 1 aliphatic heterocycles. The number of sulfone groups is 1. The molecule has 1 saturated heterocycles. The Hall–Kier alpha value is -0.620. The predicted octanol–water partition coefficient (Wildman–Crippen LogP) is 1.00. The number of benzene rings is 1. The number of ether oxygens (including phenoxy) is 1. The van der Waals surface area contributed by atoms with Gasteiger partial charge in [-0.3, -0.25) is 0 Å². The maximum Gasteiger partial charge on any atom is 0.187 e. The van der Waals surface area contributed by atoms with Crippen molar-refractivity contribution in [1.29, 1.82) is 0 Å². The fraction of sp³-hybridized carbons (Fsp3) is 0.400. The van der Waals surface area contributed by atoms with Gasteiger partial charge in [0.05, 0.1) is 29.7 Å². The van der Waals surface area contributed by atoms with Crippen LogP contribution < -0.4 is 0 Å². The highest BCUT2D eigenvalue weighted by Gasteiger charge is 2.35. The zero-order chi connectivity index (χ0) is 11.8. The van der Waals surface area contributed by atoms with Crippen LogP contribution in [0.3, 0.4) is 0 Å². The number of halogens is 1. The van der Waals surface area contributed by atoms with E-state index in [1.807, 2.05) is 0 Å². The van der Waals surface area contributed by atoms with Crippen molar-refractivity contribution in [3.63, 3.8) is 0 Å². The molecular formula is C10H11ClO4S. The predicted molar refractivity (Wildman–Crippen MR) is 59.2 cm³/mol. The lowest BCUT2D eigenvalue weighted by Crippen LogP contribution is -2.40. The van der Waals surface area contributed by atoms with Gasteiger partial charge in [0, 0.05) is 0 Å². The van der Waals surface area contributed by atoms with E-state index >= 15 is 0 Å². The van der Waals surface area contributed by atoms with Crippen molar-refractivity contribution >= 4 is 21.4 Å². The molecule has 1 fully saturated rings. The molecule has 0 atom stereocenters. The number of rotatable bonds is 3. The average Bonchev–Trinajstić information content (AvgIpc) is 2.13. The zero-order valence-electron chi connectivity index (χ0n) is 8.39. The lowest BCUT2D eigenvalue weighted by Gasteiger charge is -2.26. The van der Waals surface area contributed by atoms with Crippen molar-refractivity contribution in [3.05, 3.63) is 28.8 Å². The Balaban J connectivity index is 2.40. The molecule has 6 heteroatoms. The minimum absolute atomic E-state index is 0.111. The van der Waals surface area contributed by atoms with Crippen LogP contribution in [0.5, 0.6) is 0 Å². The van der Waals surface area contributed by atoms with Gasteiger partial charge in [-0.05, 0) is 17.7 Å². The highest BCUT2D eigenvalue weighted by molar-refractivity contribution is 7.92. The summed E-state index contributed by atoms with van der Waals surface area (Å²) in [5.74, 6) is 0. The van der Waals surface area contributed by atoms with Gasteiger partial charge in [-0.15, -0.1) is 0 Å². The number of hydrogen-bond acceptors (Lipinski definition) is 4. The van der Waals surface area contributed by atoms with Crippen LogP contribution in [-0.4, -0.2) is 32.0 Å². The van der Waals surface area contributed by atoms with Gasteiger partial charge in [-0.25, -0.2) is 8.42 Å². The van der Waals surface area contributed by atoms with Crippen LogP contribution in [0, 0.1) is 0 Å². The molecule has 2 rings (SSSR count). The van der Waals surface area contributed by atoms with Crippen LogP contribution in [0.25, 0.3) is 0 Å². The van der Waals surface area contributed by atoms with Crippen molar-refractivity contribution in [3.8, 4) is 0 Å². The summed E-state index contributed by atoms with van der Waals surface area (Å²) in [5.41, 5.74) is 0.591. The smallest absolute Gasteiger partial charge is 0.187 e. The van der Waals surface area contributed by atoms with E-state index in [1.54, 1.807) is 6.07 Å². The van der Waals surface area contributed by atoms with Crippen LogP contribution in [0.15, 0.2) is 23.1 Å². The minimum atomic E-state index is -3.40. The first-order chi connectivity index (χ1) is 7.55. The Morgan fingerprint density at radius 2 is 2.12 bits per heavy atom. The second kappa shape index (κ2) is 4.33. The normalized spacial score (nSPS) is 17.1. The molecule has 16 heavy (non-hydrogen) atoms. The number of aliphatic hydroxyl groups excluding tert-OH is 1. The van der Waals surface area contributed by atoms with Crippen molar-refractivity contribution in [2.24, 2.45) is 0 Å². The van der Waals surface area contributed by atoms with Gasteiger partial charge in [-0.2, -0.15) is 0 Å². The summed E-state index contributed by atoms with van der Waals surface area (Å²) in [6.07, 6.45) is 0. The van der Waals surface area contributed by atoms with Crippen molar-refractivity contribution in [2.45, 2.75) is 16.8 Å². The molecule has 0 radical (unpaired) electrons. The molecule has 1 aliphatic rings. The van der Waals surface area contributed by atoms with Gasteiger partial charge in [0.25, 0.3) is 0 Å². The fourth-order valence-electron chi connectivity index (χ4n) is 1.45. The largest absolute Gasteiger partial charge is 0.392 e. The third-order valence-electron chi connectivity index (χ3n) is 2.53. The van der Waals surface area contributed by atoms with E-state index in [1.165, 1.54) is 12.1 Å². The van der Waals surface area contributed by atoms with E-state index in [4.69, 9.17) is 21.4 Å². The Morgan fingerprint density at radius 1 is 1.44 bits per heavy atom. The molecule has 0 unspecified atom stereocenters. The molecule has 0 spiro atoms. The Morgan fingerprint density at radius 3 is 2.56 bits per heavy atom. The summed E-state index contributed by atoms with van der Waals surface area (Å²) < 4.78 is 28.9. The first-order valence-corrected chi connectivity index (χ1v) is 6.69. The highest BCUT2D eigenvalue weighted by atomic mass is 35.5. The Labute approximate surface area is 98.7 Å². The van der Waals surface area contributed by atoms with Gasteiger partial charge >= 0.3 is 0 Å². The van der Waals surface area contributed by atoms with Crippen molar-refractivity contribution in [2.75, 3.05) is 13.2 Å². The summed E-state index contributed by atoms with van der Waals surface area (Å²) in [6.45, 7) is 0.285. The van der Waals surface area contributed by atoms with Gasteiger partial charge in [-0.1, -0.05) is 17.7 Å². The zero-order valence-corrected chi connectivity index (χ0v) is 9.96. The number of hydrogen-bond donors (Lipinski definition) is 1. The molecule has 1 aromatic carbocycles. The van der Waals surface area contributed by atoms with Gasteiger partial charge in [0.15, 0.2) is 9.84 Å². The van der Waals surface area contributed by atoms with Gasteiger partial charge in [0.2, 0.25) is 0 Å². The summed E-state index contributed by atoms with van der Waals surface area (Å²) in [4.78, 5) is 0.111. The van der Waals surface area contributed by atoms with E-state index in [0.29, 0.717) is 5.56 Å². The molecule has 0 aromatic heterocycles. The molecule has 0 amide bonds. The minimum Gasteiger partial charge on any atom is -0.392 e. The monoisotopic (exact) mass is 262 g/mol. The molecule has 1 N–H and O–H groups in total. The topological polar surface area (TPSA) is 63.6 Å². The summed E-state index contributed by atoms with van der Waals surface area (Å²) in [6, 6.07) is 4.45. The molecule has 0 aliphatic carbocycles. The molecular weight excluding hydrogens is 252 g/mol. The molecule has 1 aromatic rings. The summed E-state index contributed by atoms with van der Waals surface area (Å²) in [5, 5.41) is 8.55. The standard InChI is InChI=1S/C10H11ClO4S/c11-9-3-7(4-12)1-2-10(9)16(13,14)8-5-15-6-8/h1-3,8,12H,4-6H2. The Bertz CT molecular complexity index is 494. The summed E-state index contributed by atoms with van der Waals surface area (Å²) in [7, 11) is -3.40.